The second-order valence-electron chi connectivity index (χ2n) is 5.77. The van der Waals surface area contributed by atoms with Gasteiger partial charge in [-0.05, 0) is 32.5 Å². The molecule has 0 bridgehead atoms. The zero-order valence-corrected chi connectivity index (χ0v) is 12.0. The molecular weight excluding hydrogens is 222 g/mol. The fourth-order valence-corrected chi connectivity index (χ4v) is 1.81. The van der Waals surface area contributed by atoms with Gasteiger partial charge in [0.2, 0.25) is 0 Å². The molecule has 0 amide bonds. The van der Waals surface area contributed by atoms with Crippen molar-refractivity contribution in [2.24, 2.45) is 11.1 Å². The van der Waals surface area contributed by atoms with E-state index in [9.17, 15) is 0 Å². The molecule has 18 heavy (non-hydrogen) atoms. The van der Waals surface area contributed by atoms with Crippen LogP contribution in [-0.2, 0) is 6.54 Å². The third kappa shape index (κ3) is 4.49. The van der Waals surface area contributed by atoms with E-state index in [-0.39, 0.29) is 11.3 Å². The Morgan fingerprint density at radius 2 is 2.06 bits per heavy atom. The summed E-state index contributed by atoms with van der Waals surface area (Å²) in [6, 6.07) is 8.58. The van der Waals surface area contributed by atoms with Crippen molar-refractivity contribution in [1.82, 2.24) is 4.90 Å². The summed E-state index contributed by atoms with van der Waals surface area (Å²) in [7, 11) is 2.11. The number of amidine groups is 1. The Labute approximate surface area is 111 Å². The second-order valence-corrected chi connectivity index (χ2v) is 5.77. The molecule has 0 unspecified atom stereocenters. The number of aryl methyl sites for hydroxylation is 1. The van der Waals surface area contributed by atoms with Gasteiger partial charge in [0.15, 0.2) is 0 Å². The van der Waals surface area contributed by atoms with E-state index < -0.39 is 0 Å². The smallest absolute Gasteiger partial charge is 0.0963 e. The van der Waals surface area contributed by atoms with Gasteiger partial charge in [-0.1, -0.05) is 43.7 Å². The SMILES string of the molecule is Cc1cccc(CN(C)CCC(C)(C)C(=N)N)c1. The van der Waals surface area contributed by atoms with Crippen LogP contribution in [0.15, 0.2) is 24.3 Å². The third-order valence-electron chi connectivity index (χ3n) is 3.38. The van der Waals surface area contributed by atoms with E-state index in [1.807, 2.05) is 13.8 Å². The highest BCUT2D eigenvalue weighted by Crippen LogP contribution is 2.20. The van der Waals surface area contributed by atoms with Crippen LogP contribution in [0.2, 0.25) is 0 Å². The van der Waals surface area contributed by atoms with Gasteiger partial charge in [0.1, 0.15) is 0 Å². The standard InChI is InChI=1S/C15H25N3/c1-12-6-5-7-13(10-12)11-18(4)9-8-15(2,3)14(16)17/h5-7,10H,8-9,11H2,1-4H3,(H3,16,17). The van der Waals surface area contributed by atoms with Crippen LogP contribution < -0.4 is 5.73 Å². The predicted molar refractivity (Wildman–Crippen MR) is 77.8 cm³/mol. The second kappa shape index (κ2) is 6.01. The summed E-state index contributed by atoms with van der Waals surface area (Å²) in [5.74, 6) is 0.270. The summed E-state index contributed by atoms with van der Waals surface area (Å²) in [6.45, 7) is 8.05. The van der Waals surface area contributed by atoms with Crippen molar-refractivity contribution in [3.63, 3.8) is 0 Å². The largest absolute Gasteiger partial charge is 0.387 e. The number of hydrogen-bond donors (Lipinski definition) is 2. The lowest BCUT2D eigenvalue weighted by molar-refractivity contribution is 0.284. The van der Waals surface area contributed by atoms with E-state index in [0.29, 0.717) is 0 Å². The first-order valence-corrected chi connectivity index (χ1v) is 6.40. The van der Waals surface area contributed by atoms with Gasteiger partial charge in [-0.25, -0.2) is 0 Å². The fourth-order valence-electron chi connectivity index (χ4n) is 1.81. The Kier molecular flexibility index (Phi) is 4.91. The van der Waals surface area contributed by atoms with E-state index in [0.717, 1.165) is 19.5 Å². The molecule has 0 aromatic heterocycles. The Hall–Kier alpha value is -1.35. The van der Waals surface area contributed by atoms with Crippen LogP contribution in [0.3, 0.4) is 0 Å². The van der Waals surface area contributed by atoms with Crippen LogP contribution in [0.4, 0.5) is 0 Å². The van der Waals surface area contributed by atoms with Gasteiger partial charge in [-0.2, -0.15) is 0 Å². The summed E-state index contributed by atoms with van der Waals surface area (Å²) in [6.07, 6.45) is 0.907. The molecule has 3 N–H and O–H groups in total. The minimum atomic E-state index is -0.207. The van der Waals surface area contributed by atoms with Crippen LogP contribution in [0.25, 0.3) is 0 Å². The Morgan fingerprint density at radius 1 is 1.39 bits per heavy atom. The minimum Gasteiger partial charge on any atom is -0.387 e. The van der Waals surface area contributed by atoms with Crippen molar-refractivity contribution in [2.75, 3.05) is 13.6 Å². The van der Waals surface area contributed by atoms with Crippen LogP contribution in [0.1, 0.15) is 31.4 Å². The van der Waals surface area contributed by atoms with E-state index in [1.54, 1.807) is 0 Å². The molecule has 0 fully saturated rings. The molecule has 1 rings (SSSR count). The first kappa shape index (κ1) is 14.7. The van der Waals surface area contributed by atoms with Crippen molar-refractivity contribution in [1.29, 1.82) is 5.41 Å². The zero-order chi connectivity index (χ0) is 13.8. The summed E-state index contributed by atoms with van der Waals surface area (Å²) in [4.78, 5) is 2.28. The predicted octanol–water partition coefficient (Wildman–Crippen LogP) is 2.78. The molecule has 3 heteroatoms. The van der Waals surface area contributed by atoms with Crippen LogP contribution >= 0.6 is 0 Å². The summed E-state index contributed by atoms with van der Waals surface area (Å²) < 4.78 is 0. The highest BCUT2D eigenvalue weighted by Gasteiger charge is 2.21. The Morgan fingerprint density at radius 3 is 2.61 bits per heavy atom. The van der Waals surface area contributed by atoms with Crippen molar-refractivity contribution < 1.29 is 0 Å². The molecule has 0 saturated heterocycles. The van der Waals surface area contributed by atoms with Crippen molar-refractivity contribution in [3.05, 3.63) is 35.4 Å². The highest BCUT2D eigenvalue weighted by atomic mass is 15.1. The monoisotopic (exact) mass is 247 g/mol. The number of hydrogen-bond acceptors (Lipinski definition) is 2. The quantitative estimate of drug-likeness (QED) is 0.600. The molecule has 0 heterocycles. The van der Waals surface area contributed by atoms with Gasteiger partial charge in [-0.3, -0.25) is 5.41 Å². The van der Waals surface area contributed by atoms with E-state index >= 15 is 0 Å². The lowest BCUT2D eigenvalue weighted by Gasteiger charge is -2.26. The molecule has 1 aromatic carbocycles. The normalized spacial score (nSPS) is 11.8. The van der Waals surface area contributed by atoms with E-state index in [1.165, 1.54) is 11.1 Å². The van der Waals surface area contributed by atoms with Gasteiger partial charge in [0.05, 0.1) is 5.84 Å². The number of rotatable bonds is 6. The summed E-state index contributed by atoms with van der Waals surface area (Å²) in [5.41, 5.74) is 8.01. The van der Waals surface area contributed by atoms with Gasteiger partial charge >= 0.3 is 0 Å². The third-order valence-corrected chi connectivity index (χ3v) is 3.38. The van der Waals surface area contributed by atoms with E-state index in [4.69, 9.17) is 11.1 Å². The molecule has 0 saturated carbocycles. The topological polar surface area (TPSA) is 53.1 Å². The Bertz CT molecular complexity index is 410. The zero-order valence-electron chi connectivity index (χ0n) is 12.0. The van der Waals surface area contributed by atoms with Crippen molar-refractivity contribution in [3.8, 4) is 0 Å². The molecule has 0 radical (unpaired) electrons. The molecular formula is C15H25N3. The maximum atomic E-state index is 7.55. The molecule has 1 aromatic rings. The van der Waals surface area contributed by atoms with Crippen molar-refractivity contribution >= 4 is 5.84 Å². The lowest BCUT2D eigenvalue weighted by Crippen LogP contribution is -2.34. The Balaban J connectivity index is 2.47. The molecule has 0 spiro atoms. The summed E-state index contributed by atoms with van der Waals surface area (Å²) in [5, 5.41) is 7.55. The maximum Gasteiger partial charge on any atom is 0.0963 e. The molecule has 3 nitrogen and oxygen atoms in total. The number of nitrogens with one attached hydrogen (secondary N) is 1. The van der Waals surface area contributed by atoms with E-state index in [2.05, 4.69) is 43.1 Å². The highest BCUT2D eigenvalue weighted by molar-refractivity contribution is 5.82. The maximum absolute atomic E-state index is 7.55. The number of nitrogens with zero attached hydrogens (tertiary/aromatic N) is 1. The van der Waals surface area contributed by atoms with Gasteiger partial charge in [-0.15, -0.1) is 0 Å². The molecule has 0 atom stereocenters. The molecule has 0 aliphatic carbocycles. The van der Waals surface area contributed by atoms with Crippen LogP contribution in [0, 0.1) is 17.7 Å². The minimum absolute atomic E-state index is 0.207. The number of nitrogens with two attached hydrogens (primary N) is 1. The summed E-state index contributed by atoms with van der Waals surface area (Å²) >= 11 is 0. The molecule has 100 valence electrons. The van der Waals surface area contributed by atoms with Gasteiger partial charge < -0.3 is 10.6 Å². The van der Waals surface area contributed by atoms with Crippen LogP contribution in [-0.4, -0.2) is 24.3 Å². The molecule has 0 aliphatic rings. The average molecular weight is 247 g/mol. The fraction of sp³-hybridized carbons (Fsp3) is 0.533. The number of benzene rings is 1. The first-order chi connectivity index (χ1) is 8.31. The van der Waals surface area contributed by atoms with Gasteiger partial charge in [0, 0.05) is 12.0 Å². The first-order valence-electron chi connectivity index (χ1n) is 6.40. The van der Waals surface area contributed by atoms with Crippen LogP contribution in [0.5, 0.6) is 0 Å². The van der Waals surface area contributed by atoms with Gasteiger partial charge in [0.25, 0.3) is 0 Å². The molecule has 0 aliphatic heterocycles. The van der Waals surface area contributed by atoms with Crippen molar-refractivity contribution in [2.45, 2.75) is 33.7 Å². The lowest BCUT2D eigenvalue weighted by atomic mass is 9.88. The average Bonchev–Trinajstić information content (AvgIpc) is 2.26.